The summed E-state index contributed by atoms with van der Waals surface area (Å²) in [5.74, 6) is -0.568. The van der Waals surface area contributed by atoms with E-state index in [1.54, 1.807) is 43.3 Å². The van der Waals surface area contributed by atoms with Crippen LogP contribution in [-0.4, -0.2) is 37.6 Å². The Kier molecular flexibility index (Phi) is 7.37. The average Bonchev–Trinajstić information content (AvgIpc) is 2.66. The van der Waals surface area contributed by atoms with E-state index in [4.69, 9.17) is 4.74 Å². The molecule has 7 nitrogen and oxygen atoms in total. The molecule has 7 heteroatoms. The molecule has 0 saturated carbocycles. The standard InChI is InChI=1S/C20H23N3O4/c1-3-27-19(25)16-9-11-18(12-10-16)23(15(2)24)14-13-21-20(26)22-17-7-5-4-6-8-17/h4-12H,3,13-14H2,1-2H3,(H2,21,22,26). The van der Waals surface area contributed by atoms with Crippen LogP contribution < -0.4 is 15.5 Å². The van der Waals surface area contributed by atoms with Crippen molar-refractivity contribution < 1.29 is 19.1 Å². The van der Waals surface area contributed by atoms with Crippen molar-refractivity contribution in [2.45, 2.75) is 13.8 Å². The van der Waals surface area contributed by atoms with E-state index in [0.29, 0.717) is 30.1 Å². The second-order valence-electron chi connectivity index (χ2n) is 5.68. The van der Waals surface area contributed by atoms with Crippen LogP contribution in [0.25, 0.3) is 0 Å². The number of urea groups is 1. The second-order valence-corrected chi connectivity index (χ2v) is 5.68. The van der Waals surface area contributed by atoms with E-state index in [2.05, 4.69) is 10.6 Å². The molecule has 2 rings (SSSR count). The van der Waals surface area contributed by atoms with E-state index < -0.39 is 5.97 Å². The highest BCUT2D eigenvalue weighted by molar-refractivity contribution is 5.94. The van der Waals surface area contributed by atoms with Gasteiger partial charge < -0.3 is 20.3 Å². The first-order valence-electron chi connectivity index (χ1n) is 8.66. The van der Waals surface area contributed by atoms with Gasteiger partial charge >= 0.3 is 12.0 Å². The van der Waals surface area contributed by atoms with Crippen molar-refractivity contribution in [3.63, 3.8) is 0 Å². The molecule has 142 valence electrons. The molecular weight excluding hydrogens is 346 g/mol. The average molecular weight is 369 g/mol. The molecule has 2 N–H and O–H groups in total. The maximum absolute atomic E-state index is 11.9. The molecule has 0 fully saturated rings. The highest BCUT2D eigenvalue weighted by Gasteiger charge is 2.13. The van der Waals surface area contributed by atoms with Gasteiger partial charge in [0.05, 0.1) is 12.2 Å². The Morgan fingerprint density at radius 3 is 2.26 bits per heavy atom. The third-order valence-corrected chi connectivity index (χ3v) is 3.72. The van der Waals surface area contributed by atoms with Crippen molar-refractivity contribution >= 4 is 29.3 Å². The Labute approximate surface area is 158 Å². The lowest BCUT2D eigenvalue weighted by atomic mass is 10.2. The van der Waals surface area contributed by atoms with Gasteiger partial charge in [0.2, 0.25) is 5.91 Å². The number of nitrogens with zero attached hydrogens (tertiary/aromatic N) is 1. The van der Waals surface area contributed by atoms with Crippen LogP contribution in [0.15, 0.2) is 54.6 Å². The number of benzene rings is 2. The Morgan fingerprint density at radius 2 is 1.67 bits per heavy atom. The minimum atomic E-state index is -0.405. The van der Waals surface area contributed by atoms with Gasteiger partial charge in [-0.15, -0.1) is 0 Å². The van der Waals surface area contributed by atoms with Gasteiger partial charge in [-0.1, -0.05) is 18.2 Å². The molecule has 0 unspecified atom stereocenters. The number of nitrogens with one attached hydrogen (secondary N) is 2. The van der Waals surface area contributed by atoms with Crippen LogP contribution in [0.1, 0.15) is 24.2 Å². The molecule has 0 bridgehead atoms. The molecule has 2 aromatic rings. The number of anilines is 2. The summed E-state index contributed by atoms with van der Waals surface area (Å²) in [6.07, 6.45) is 0. The number of hydrogen-bond acceptors (Lipinski definition) is 4. The molecule has 0 spiro atoms. The Morgan fingerprint density at radius 1 is 1.00 bits per heavy atom. The summed E-state index contributed by atoms with van der Waals surface area (Å²) in [6.45, 7) is 4.07. The molecule has 3 amide bonds. The fourth-order valence-electron chi connectivity index (χ4n) is 2.44. The van der Waals surface area contributed by atoms with Crippen molar-refractivity contribution in [2.75, 3.05) is 29.9 Å². The summed E-state index contributed by atoms with van der Waals surface area (Å²) in [5, 5.41) is 5.43. The minimum absolute atomic E-state index is 0.163. The largest absolute Gasteiger partial charge is 0.462 e. The van der Waals surface area contributed by atoms with Gasteiger partial charge in [0, 0.05) is 31.4 Å². The summed E-state index contributed by atoms with van der Waals surface area (Å²) in [4.78, 5) is 37.1. The van der Waals surface area contributed by atoms with Crippen molar-refractivity contribution in [2.24, 2.45) is 0 Å². The summed E-state index contributed by atoms with van der Waals surface area (Å²) in [5.41, 5.74) is 1.75. The van der Waals surface area contributed by atoms with Gasteiger partial charge in [-0.2, -0.15) is 0 Å². The Bertz CT molecular complexity index is 776. The fourth-order valence-corrected chi connectivity index (χ4v) is 2.44. The zero-order valence-corrected chi connectivity index (χ0v) is 15.4. The first kappa shape index (κ1) is 20.0. The van der Waals surface area contributed by atoms with E-state index in [-0.39, 0.29) is 18.5 Å². The summed E-state index contributed by atoms with van der Waals surface area (Å²) < 4.78 is 4.94. The third-order valence-electron chi connectivity index (χ3n) is 3.72. The highest BCUT2D eigenvalue weighted by atomic mass is 16.5. The quantitative estimate of drug-likeness (QED) is 0.735. The van der Waals surface area contributed by atoms with Gasteiger partial charge in [0.15, 0.2) is 0 Å². The number of carbonyl (C=O) groups excluding carboxylic acids is 3. The number of para-hydroxylation sites is 1. The zero-order valence-electron chi connectivity index (χ0n) is 15.4. The first-order valence-corrected chi connectivity index (χ1v) is 8.66. The van der Waals surface area contributed by atoms with Gasteiger partial charge in [-0.05, 0) is 43.3 Å². The summed E-state index contributed by atoms with van der Waals surface area (Å²) >= 11 is 0. The molecule has 0 saturated heterocycles. The fraction of sp³-hybridized carbons (Fsp3) is 0.250. The molecule has 0 radical (unpaired) electrons. The number of esters is 1. The van der Waals surface area contributed by atoms with Crippen LogP contribution in [-0.2, 0) is 9.53 Å². The van der Waals surface area contributed by atoms with Crippen molar-refractivity contribution in [3.05, 3.63) is 60.2 Å². The highest BCUT2D eigenvalue weighted by Crippen LogP contribution is 2.16. The van der Waals surface area contributed by atoms with Gasteiger partial charge in [0.25, 0.3) is 0 Å². The van der Waals surface area contributed by atoms with E-state index in [1.165, 1.54) is 11.8 Å². The van der Waals surface area contributed by atoms with Crippen LogP contribution in [0.4, 0.5) is 16.2 Å². The minimum Gasteiger partial charge on any atom is -0.462 e. The van der Waals surface area contributed by atoms with E-state index in [0.717, 1.165) is 0 Å². The lowest BCUT2D eigenvalue weighted by Crippen LogP contribution is -2.39. The molecule has 0 aliphatic carbocycles. The third kappa shape index (κ3) is 6.14. The molecule has 0 aliphatic heterocycles. The summed E-state index contributed by atoms with van der Waals surface area (Å²) in [6, 6.07) is 15.3. The topological polar surface area (TPSA) is 87.7 Å². The molecule has 0 atom stereocenters. The van der Waals surface area contributed by atoms with Crippen LogP contribution in [0.3, 0.4) is 0 Å². The van der Waals surface area contributed by atoms with Crippen LogP contribution in [0.5, 0.6) is 0 Å². The predicted octanol–water partition coefficient (Wildman–Crippen LogP) is 3.04. The van der Waals surface area contributed by atoms with Gasteiger partial charge in [-0.25, -0.2) is 9.59 Å². The number of ether oxygens (including phenoxy) is 1. The molecule has 2 aromatic carbocycles. The second kappa shape index (κ2) is 9.96. The van der Waals surface area contributed by atoms with Crippen molar-refractivity contribution in [1.82, 2.24) is 5.32 Å². The van der Waals surface area contributed by atoms with E-state index >= 15 is 0 Å². The normalized spacial score (nSPS) is 10.0. The van der Waals surface area contributed by atoms with Gasteiger partial charge in [0.1, 0.15) is 0 Å². The number of amides is 3. The molecule has 27 heavy (non-hydrogen) atoms. The monoisotopic (exact) mass is 369 g/mol. The zero-order chi connectivity index (χ0) is 19.6. The van der Waals surface area contributed by atoms with Crippen molar-refractivity contribution in [1.29, 1.82) is 0 Å². The number of rotatable bonds is 7. The van der Waals surface area contributed by atoms with Crippen molar-refractivity contribution in [3.8, 4) is 0 Å². The summed E-state index contributed by atoms with van der Waals surface area (Å²) in [7, 11) is 0. The molecule has 0 aromatic heterocycles. The first-order chi connectivity index (χ1) is 13.0. The number of carbonyl (C=O) groups is 3. The van der Waals surface area contributed by atoms with Crippen LogP contribution in [0, 0.1) is 0 Å². The Balaban J connectivity index is 1.90. The predicted molar refractivity (Wildman–Crippen MR) is 104 cm³/mol. The molecular formula is C20H23N3O4. The Hall–Kier alpha value is -3.35. The number of hydrogen-bond donors (Lipinski definition) is 2. The lowest BCUT2D eigenvalue weighted by molar-refractivity contribution is -0.116. The van der Waals surface area contributed by atoms with Crippen LogP contribution in [0.2, 0.25) is 0 Å². The van der Waals surface area contributed by atoms with Gasteiger partial charge in [-0.3, -0.25) is 4.79 Å². The molecule has 0 heterocycles. The maximum atomic E-state index is 11.9. The molecule has 0 aliphatic rings. The SMILES string of the molecule is CCOC(=O)c1ccc(N(CCNC(=O)Nc2ccccc2)C(C)=O)cc1. The smallest absolute Gasteiger partial charge is 0.338 e. The van der Waals surface area contributed by atoms with Crippen LogP contribution >= 0.6 is 0 Å². The maximum Gasteiger partial charge on any atom is 0.338 e. The van der Waals surface area contributed by atoms with E-state index in [1.807, 2.05) is 18.2 Å². The van der Waals surface area contributed by atoms with E-state index in [9.17, 15) is 14.4 Å². The lowest BCUT2D eigenvalue weighted by Gasteiger charge is -2.21.